The molecule has 3 aromatic rings. The second-order valence-corrected chi connectivity index (χ2v) is 6.24. The van der Waals surface area contributed by atoms with Gasteiger partial charge in [0.25, 0.3) is 5.91 Å². The largest absolute Gasteiger partial charge is 0.483 e. The van der Waals surface area contributed by atoms with Crippen molar-refractivity contribution in [2.45, 2.75) is 0 Å². The second-order valence-electron chi connectivity index (χ2n) is 4.95. The number of carbonyl (C=O) groups excluding carboxylic acids is 1. The predicted octanol–water partition coefficient (Wildman–Crippen LogP) is 4.11. The number of para-hydroxylation sites is 1. The fourth-order valence-electron chi connectivity index (χ4n) is 2.14. The summed E-state index contributed by atoms with van der Waals surface area (Å²) in [5.41, 5.74) is 4.35. The van der Waals surface area contributed by atoms with Crippen LogP contribution in [0.5, 0.6) is 5.75 Å². The minimum Gasteiger partial charge on any atom is -0.483 e. The maximum atomic E-state index is 11.8. The number of hydrogen-bond acceptors (Lipinski definition) is 3. The van der Waals surface area contributed by atoms with E-state index in [1.54, 1.807) is 24.4 Å². The van der Waals surface area contributed by atoms with Crippen molar-refractivity contribution >= 4 is 50.6 Å². The Morgan fingerprint density at radius 2 is 2.17 bits per heavy atom. The smallest absolute Gasteiger partial charge is 0.277 e. The highest BCUT2D eigenvalue weighted by molar-refractivity contribution is 9.10. The van der Waals surface area contributed by atoms with Gasteiger partial charge in [0.05, 0.1) is 10.7 Å². The molecule has 0 atom stereocenters. The van der Waals surface area contributed by atoms with Crippen molar-refractivity contribution in [1.82, 2.24) is 10.4 Å². The van der Waals surface area contributed by atoms with Crippen LogP contribution < -0.4 is 10.2 Å². The van der Waals surface area contributed by atoms with E-state index in [4.69, 9.17) is 16.3 Å². The first-order chi connectivity index (χ1) is 11.6. The summed E-state index contributed by atoms with van der Waals surface area (Å²) in [7, 11) is 0. The number of aromatic amines is 1. The molecule has 0 radical (unpaired) electrons. The monoisotopic (exact) mass is 405 g/mol. The molecule has 1 amide bonds. The molecule has 0 aliphatic rings. The number of carbonyl (C=O) groups is 1. The summed E-state index contributed by atoms with van der Waals surface area (Å²) < 4.78 is 6.10. The molecule has 0 aliphatic heterocycles. The van der Waals surface area contributed by atoms with Crippen LogP contribution in [0, 0.1) is 0 Å². The van der Waals surface area contributed by atoms with E-state index in [0.717, 1.165) is 16.5 Å². The minimum atomic E-state index is -0.354. The fourth-order valence-corrected chi connectivity index (χ4v) is 2.94. The van der Waals surface area contributed by atoms with Gasteiger partial charge >= 0.3 is 0 Å². The van der Waals surface area contributed by atoms with Crippen LogP contribution in [-0.2, 0) is 4.79 Å². The maximum Gasteiger partial charge on any atom is 0.277 e. The number of H-pyrrole nitrogens is 1. The summed E-state index contributed by atoms with van der Waals surface area (Å²) in [6.45, 7) is -0.147. The lowest BCUT2D eigenvalue weighted by Crippen LogP contribution is -2.24. The molecule has 24 heavy (non-hydrogen) atoms. The molecular formula is C17H13BrClN3O2. The lowest BCUT2D eigenvalue weighted by molar-refractivity contribution is -0.123. The number of amides is 1. The number of ether oxygens (including phenoxy) is 1. The van der Waals surface area contributed by atoms with Gasteiger partial charge in [0.15, 0.2) is 6.61 Å². The molecule has 0 saturated carbocycles. The Kier molecular flexibility index (Phi) is 5.17. The highest BCUT2D eigenvalue weighted by atomic mass is 79.9. The molecule has 2 N–H and O–H groups in total. The van der Waals surface area contributed by atoms with E-state index in [9.17, 15) is 4.79 Å². The molecular weight excluding hydrogens is 394 g/mol. The quantitative estimate of drug-likeness (QED) is 0.494. The number of rotatable bonds is 5. The molecule has 0 bridgehead atoms. The van der Waals surface area contributed by atoms with Crippen molar-refractivity contribution in [2.75, 3.05) is 6.61 Å². The second kappa shape index (κ2) is 7.51. The molecule has 0 saturated heterocycles. The number of halogens is 2. The zero-order chi connectivity index (χ0) is 16.9. The third kappa shape index (κ3) is 3.96. The normalized spacial score (nSPS) is 11.1. The Morgan fingerprint density at radius 1 is 1.33 bits per heavy atom. The highest BCUT2D eigenvalue weighted by Gasteiger charge is 2.06. The first kappa shape index (κ1) is 16.5. The first-order valence-electron chi connectivity index (χ1n) is 7.09. The van der Waals surface area contributed by atoms with Crippen LogP contribution in [0.15, 0.2) is 58.2 Å². The van der Waals surface area contributed by atoms with Crippen molar-refractivity contribution in [3.05, 3.63) is 63.7 Å². The van der Waals surface area contributed by atoms with E-state index in [-0.39, 0.29) is 12.5 Å². The van der Waals surface area contributed by atoms with Crippen LogP contribution in [0.4, 0.5) is 0 Å². The van der Waals surface area contributed by atoms with Crippen LogP contribution in [0.25, 0.3) is 10.9 Å². The van der Waals surface area contributed by atoms with Gasteiger partial charge in [-0.25, -0.2) is 5.43 Å². The third-order valence-electron chi connectivity index (χ3n) is 3.27. The van der Waals surface area contributed by atoms with Gasteiger partial charge < -0.3 is 9.72 Å². The van der Waals surface area contributed by atoms with Crippen molar-refractivity contribution in [3.8, 4) is 5.75 Å². The van der Waals surface area contributed by atoms with Gasteiger partial charge in [-0.05, 0) is 40.2 Å². The van der Waals surface area contributed by atoms with Crippen molar-refractivity contribution in [3.63, 3.8) is 0 Å². The van der Waals surface area contributed by atoms with Crippen LogP contribution in [-0.4, -0.2) is 23.7 Å². The Labute approximate surface area is 151 Å². The standard InChI is InChI=1S/C17H13BrClN3O2/c18-14-7-12(19)5-6-16(14)24-10-17(23)22-21-9-11-8-20-15-4-2-1-3-13(11)15/h1-9,20H,10H2,(H,22,23)/b21-9-. The fraction of sp³-hybridized carbons (Fsp3) is 0.0588. The van der Waals surface area contributed by atoms with Crippen molar-refractivity contribution < 1.29 is 9.53 Å². The van der Waals surface area contributed by atoms with E-state index >= 15 is 0 Å². The lowest BCUT2D eigenvalue weighted by atomic mass is 10.2. The van der Waals surface area contributed by atoms with Crippen LogP contribution in [0.1, 0.15) is 5.56 Å². The first-order valence-corrected chi connectivity index (χ1v) is 8.26. The van der Waals surface area contributed by atoms with E-state index in [0.29, 0.717) is 15.2 Å². The molecule has 0 spiro atoms. The Balaban J connectivity index is 1.55. The minimum absolute atomic E-state index is 0.147. The number of aromatic nitrogens is 1. The van der Waals surface area contributed by atoms with E-state index in [1.807, 2.05) is 30.5 Å². The Bertz CT molecular complexity index is 908. The summed E-state index contributed by atoms with van der Waals surface area (Å²) in [4.78, 5) is 14.9. The molecule has 0 unspecified atom stereocenters. The summed E-state index contributed by atoms with van der Waals surface area (Å²) in [6, 6.07) is 12.9. The van der Waals surface area contributed by atoms with Crippen LogP contribution >= 0.6 is 27.5 Å². The van der Waals surface area contributed by atoms with Crippen molar-refractivity contribution in [1.29, 1.82) is 0 Å². The molecule has 0 fully saturated rings. The SMILES string of the molecule is O=C(COc1ccc(Cl)cc1Br)N/N=C\c1c[nH]c2ccccc12. The number of fused-ring (bicyclic) bond motifs is 1. The zero-order valence-electron chi connectivity index (χ0n) is 12.4. The third-order valence-corrected chi connectivity index (χ3v) is 4.12. The lowest BCUT2D eigenvalue weighted by Gasteiger charge is -2.07. The van der Waals surface area contributed by atoms with Gasteiger partial charge in [-0.3, -0.25) is 4.79 Å². The van der Waals surface area contributed by atoms with Gasteiger partial charge in [0, 0.05) is 27.7 Å². The van der Waals surface area contributed by atoms with Gasteiger partial charge in [0.1, 0.15) is 5.75 Å². The number of hydrazone groups is 1. The highest BCUT2D eigenvalue weighted by Crippen LogP contribution is 2.27. The molecule has 5 nitrogen and oxygen atoms in total. The summed E-state index contributed by atoms with van der Waals surface area (Å²) in [6.07, 6.45) is 3.43. The number of nitrogens with zero attached hydrogens (tertiary/aromatic N) is 1. The van der Waals surface area contributed by atoms with Gasteiger partial charge in [-0.2, -0.15) is 5.10 Å². The molecule has 1 heterocycles. The summed E-state index contributed by atoms with van der Waals surface area (Å²) >= 11 is 9.18. The molecule has 1 aromatic heterocycles. The van der Waals surface area contributed by atoms with E-state index in [2.05, 4.69) is 31.4 Å². The van der Waals surface area contributed by atoms with E-state index < -0.39 is 0 Å². The van der Waals surface area contributed by atoms with Crippen molar-refractivity contribution in [2.24, 2.45) is 5.10 Å². The van der Waals surface area contributed by atoms with Gasteiger partial charge in [-0.1, -0.05) is 29.8 Å². The Morgan fingerprint density at radius 3 is 3.00 bits per heavy atom. The average molecular weight is 407 g/mol. The number of benzene rings is 2. The van der Waals surface area contributed by atoms with Crippen LogP contribution in [0.2, 0.25) is 5.02 Å². The number of nitrogens with one attached hydrogen (secondary N) is 2. The molecule has 2 aromatic carbocycles. The van der Waals surface area contributed by atoms with E-state index in [1.165, 1.54) is 0 Å². The summed E-state index contributed by atoms with van der Waals surface area (Å²) in [5.74, 6) is 0.183. The predicted molar refractivity (Wildman–Crippen MR) is 98.7 cm³/mol. The van der Waals surface area contributed by atoms with Gasteiger partial charge in [0.2, 0.25) is 0 Å². The van der Waals surface area contributed by atoms with Gasteiger partial charge in [-0.15, -0.1) is 0 Å². The molecule has 7 heteroatoms. The van der Waals surface area contributed by atoms with Crippen LogP contribution in [0.3, 0.4) is 0 Å². The summed E-state index contributed by atoms with van der Waals surface area (Å²) in [5, 5.41) is 5.58. The number of hydrogen-bond donors (Lipinski definition) is 2. The molecule has 122 valence electrons. The Hall–Kier alpha value is -2.31. The zero-order valence-corrected chi connectivity index (χ0v) is 14.8. The topological polar surface area (TPSA) is 66.5 Å². The molecule has 0 aliphatic carbocycles. The molecule has 3 rings (SSSR count). The average Bonchev–Trinajstić information content (AvgIpc) is 2.97. The maximum absolute atomic E-state index is 11.8.